The van der Waals surface area contributed by atoms with E-state index in [4.69, 9.17) is 0 Å². The maximum Gasteiger partial charge on any atom is 0.113 e. The van der Waals surface area contributed by atoms with Gasteiger partial charge in [-0.15, -0.1) is 0 Å². The van der Waals surface area contributed by atoms with Crippen LogP contribution < -0.4 is 0 Å². The molecule has 0 aromatic heterocycles. The van der Waals surface area contributed by atoms with E-state index in [1.54, 1.807) is 0 Å². The van der Waals surface area contributed by atoms with Crippen LogP contribution in [0.3, 0.4) is 0 Å². The first-order chi connectivity index (χ1) is 16.3. The van der Waals surface area contributed by atoms with Gasteiger partial charge in [-0.1, -0.05) is 47.6 Å². The minimum atomic E-state index is -0.630. The van der Waals surface area contributed by atoms with Gasteiger partial charge in [-0.2, -0.15) is 0 Å². The van der Waals surface area contributed by atoms with Gasteiger partial charge in [-0.3, -0.25) is 0 Å². The summed E-state index contributed by atoms with van der Waals surface area (Å²) in [6.45, 7) is 5.30. The van der Waals surface area contributed by atoms with Crippen LogP contribution in [0.1, 0.15) is 37.8 Å². The highest BCUT2D eigenvalue weighted by molar-refractivity contribution is 5.29. The van der Waals surface area contributed by atoms with Gasteiger partial charge in [0.25, 0.3) is 0 Å². The van der Waals surface area contributed by atoms with Crippen molar-refractivity contribution in [1.29, 1.82) is 0 Å². The number of fused-ring (bicyclic) bond motifs is 10. The standard InChI is InChI=1S/C28H36N2O4/c1-13-6-17-9-19(13)23-21(17)25(31)29(27(23)33)11-15-4-3-5-16(8-15)12-30-26(32)22-18-7-14(2)20(10-18)24(22)28(30)34/h3-8,17-28,31-34H,9-12H2,1-2H3. The molecule has 7 rings (SSSR count). The molecule has 2 heterocycles. The first-order valence-electron chi connectivity index (χ1n) is 13.0. The predicted octanol–water partition coefficient (Wildman–Crippen LogP) is 2.25. The van der Waals surface area contributed by atoms with Crippen LogP contribution in [0, 0.1) is 47.3 Å². The number of benzene rings is 1. The molecule has 6 aliphatic rings. The summed E-state index contributed by atoms with van der Waals surface area (Å²) < 4.78 is 0. The Kier molecular flexibility index (Phi) is 4.78. The number of nitrogens with zero attached hydrogens (tertiary/aromatic N) is 2. The summed E-state index contributed by atoms with van der Waals surface area (Å²) in [7, 11) is 0. The zero-order chi connectivity index (χ0) is 23.5. The molecule has 2 saturated carbocycles. The predicted molar refractivity (Wildman–Crippen MR) is 126 cm³/mol. The van der Waals surface area contributed by atoms with E-state index in [2.05, 4.69) is 32.1 Å². The summed E-state index contributed by atoms with van der Waals surface area (Å²) in [5.74, 6) is 2.01. The lowest BCUT2D eigenvalue weighted by Gasteiger charge is -2.29. The number of rotatable bonds is 4. The average Bonchev–Trinajstić information content (AvgIpc) is 3.62. The number of aliphatic hydroxyl groups excluding tert-OH is 4. The van der Waals surface area contributed by atoms with Crippen LogP contribution in [0.15, 0.2) is 47.6 Å². The SMILES string of the molecule is CC1=CC2CC1C1C2C(O)N(Cc2cccc(CN3C(O)C4C5C=C(C)C(C5)C4C3O)c2)C1O. The second kappa shape index (κ2) is 7.48. The van der Waals surface area contributed by atoms with Crippen molar-refractivity contribution in [2.75, 3.05) is 0 Å². The smallest absolute Gasteiger partial charge is 0.113 e. The van der Waals surface area contributed by atoms with Gasteiger partial charge in [0.1, 0.15) is 24.9 Å². The Morgan fingerprint density at radius 3 is 1.53 bits per heavy atom. The first kappa shape index (κ1) is 21.7. The Balaban J connectivity index is 1.07. The van der Waals surface area contributed by atoms with Crippen LogP contribution in [0.4, 0.5) is 0 Å². The largest absolute Gasteiger partial charge is 0.378 e. The van der Waals surface area contributed by atoms with Gasteiger partial charge in [0.15, 0.2) is 0 Å². The topological polar surface area (TPSA) is 87.4 Å². The van der Waals surface area contributed by atoms with Gasteiger partial charge in [0.05, 0.1) is 0 Å². The van der Waals surface area contributed by atoms with Gasteiger partial charge < -0.3 is 20.4 Å². The fraction of sp³-hybridized carbons (Fsp3) is 0.643. The van der Waals surface area contributed by atoms with E-state index in [0.29, 0.717) is 36.8 Å². The van der Waals surface area contributed by atoms with E-state index in [1.807, 2.05) is 28.0 Å². The van der Waals surface area contributed by atoms with E-state index < -0.39 is 24.9 Å². The van der Waals surface area contributed by atoms with Crippen molar-refractivity contribution >= 4 is 0 Å². The highest BCUT2D eigenvalue weighted by Crippen LogP contribution is 2.59. The molecule has 4 bridgehead atoms. The zero-order valence-corrected chi connectivity index (χ0v) is 19.9. The lowest BCUT2D eigenvalue weighted by molar-refractivity contribution is -0.0803. The fourth-order valence-corrected chi connectivity index (χ4v) is 9.05. The zero-order valence-electron chi connectivity index (χ0n) is 19.9. The number of allylic oxidation sites excluding steroid dienone is 4. The van der Waals surface area contributed by atoms with Crippen LogP contribution in [-0.2, 0) is 13.1 Å². The van der Waals surface area contributed by atoms with Crippen LogP contribution in [-0.4, -0.2) is 55.1 Å². The third-order valence-corrected chi connectivity index (χ3v) is 10.4. The van der Waals surface area contributed by atoms with E-state index in [1.165, 1.54) is 11.1 Å². The van der Waals surface area contributed by atoms with E-state index >= 15 is 0 Å². The van der Waals surface area contributed by atoms with Gasteiger partial charge in [0, 0.05) is 36.8 Å². The number of hydrogen-bond donors (Lipinski definition) is 4. The molecule has 12 atom stereocenters. The second-order valence-electron chi connectivity index (χ2n) is 12.0. The van der Waals surface area contributed by atoms with Crippen LogP contribution in [0.25, 0.3) is 0 Å². The molecule has 0 spiro atoms. The van der Waals surface area contributed by atoms with Crippen molar-refractivity contribution < 1.29 is 20.4 Å². The molecule has 0 radical (unpaired) electrons. The van der Waals surface area contributed by atoms with Gasteiger partial charge in [-0.25, -0.2) is 9.80 Å². The van der Waals surface area contributed by atoms with Crippen molar-refractivity contribution in [2.45, 2.75) is 64.7 Å². The summed E-state index contributed by atoms with van der Waals surface area (Å²) >= 11 is 0. The summed E-state index contributed by atoms with van der Waals surface area (Å²) in [5.41, 5.74) is 4.81. The Labute approximate surface area is 201 Å². The minimum absolute atomic E-state index is 0.119. The summed E-state index contributed by atoms with van der Waals surface area (Å²) in [5, 5.41) is 44.4. The number of aliphatic hydroxyl groups is 4. The highest BCUT2D eigenvalue weighted by atomic mass is 16.3. The molecule has 12 unspecified atom stereocenters. The summed E-state index contributed by atoms with van der Waals surface area (Å²) in [4.78, 5) is 3.71. The van der Waals surface area contributed by atoms with Crippen LogP contribution in [0.5, 0.6) is 0 Å². The number of hydrogen-bond acceptors (Lipinski definition) is 6. The molecule has 34 heavy (non-hydrogen) atoms. The molecule has 4 aliphatic carbocycles. The molecule has 182 valence electrons. The highest BCUT2D eigenvalue weighted by Gasteiger charge is 2.61. The maximum atomic E-state index is 11.1. The first-order valence-corrected chi connectivity index (χ1v) is 13.0. The molecule has 4 N–H and O–H groups in total. The van der Waals surface area contributed by atoms with Crippen LogP contribution >= 0.6 is 0 Å². The molecule has 1 aromatic carbocycles. The molecule has 2 saturated heterocycles. The molecule has 1 aromatic rings. The Morgan fingerprint density at radius 2 is 1.09 bits per heavy atom. The Hall–Kier alpha value is -1.54. The third kappa shape index (κ3) is 2.84. The third-order valence-electron chi connectivity index (χ3n) is 10.4. The van der Waals surface area contributed by atoms with Crippen molar-refractivity contribution in [2.24, 2.45) is 47.3 Å². The van der Waals surface area contributed by atoms with Gasteiger partial charge in [-0.05, 0) is 61.5 Å². The van der Waals surface area contributed by atoms with Crippen LogP contribution in [0.2, 0.25) is 0 Å². The van der Waals surface area contributed by atoms with E-state index in [9.17, 15) is 20.4 Å². The van der Waals surface area contributed by atoms with Gasteiger partial charge >= 0.3 is 0 Å². The lowest BCUT2D eigenvalue weighted by Crippen LogP contribution is -2.39. The average molecular weight is 465 g/mol. The van der Waals surface area contributed by atoms with Crippen molar-refractivity contribution in [1.82, 2.24) is 9.80 Å². The van der Waals surface area contributed by atoms with Crippen molar-refractivity contribution in [3.05, 3.63) is 58.7 Å². The molecular weight excluding hydrogens is 428 g/mol. The number of likely N-dealkylation sites (tertiary alicyclic amines) is 2. The monoisotopic (exact) mass is 464 g/mol. The maximum absolute atomic E-state index is 11.1. The summed E-state index contributed by atoms with van der Waals surface area (Å²) in [6.07, 6.45) is 4.22. The Bertz CT molecular complexity index is 991. The lowest BCUT2D eigenvalue weighted by atomic mass is 9.81. The minimum Gasteiger partial charge on any atom is -0.378 e. The molecule has 4 fully saturated rings. The Morgan fingerprint density at radius 1 is 0.676 bits per heavy atom. The molecule has 2 aliphatic heterocycles. The molecule has 6 nitrogen and oxygen atoms in total. The second-order valence-corrected chi connectivity index (χ2v) is 12.0. The van der Waals surface area contributed by atoms with Crippen molar-refractivity contribution in [3.63, 3.8) is 0 Å². The molecular formula is C28H36N2O4. The summed E-state index contributed by atoms with van der Waals surface area (Å²) in [6, 6.07) is 8.17. The molecule has 0 amide bonds. The fourth-order valence-electron chi connectivity index (χ4n) is 9.05. The van der Waals surface area contributed by atoms with Crippen molar-refractivity contribution in [3.8, 4) is 0 Å². The van der Waals surface area contributed by atoms with E-state index in [0.717, 1.165) is 24.0 Å². The van der Waals surface area contributed by atoms with Gasteiger partial charge in [0.2, 0.25) is 0 Å². The van der Waals surface area contributed by atoms with E-state index in [-0.39, 0.29) is 23.7 Å². The molecule has 6 heteroatoms. The quantitative estimate of drug-likeness (QED) is 0.512. The normalized spacial score (nSPS) is 49.0.